The minimum atomic E-state index is 0.0771. The summed E-state index contributed by atoms with van der Waals surface area (Å²) in [6.45, 7) is 5.92. The van der Waals surface area contributed by atoms with Gasteiger partial charge in [-0.2, -0.15) is 0 Å². The molecular formula is C58H43N3O. The van der Waals surface area contributed by atoms with Gasteiger partial charge in [0.05, 0.1) is 0 Å². The van der Waals surface area contributed by atoms with Crippen LogP contribution in [0.25, 0.3) is 77.6 Å². The standard InChI is InChI=1S/C45H31N3O.C13H12/c1-47-45(35-24-22-32(23-25-35)30-14-6-2-7-15-30)48-44(46)38-27-26-37(33-18-10-4-11-19-33)43-41(38)40-29-36(31-16-8-3-9-17-31)28-39(42(40)49-43)34-20-12-5-13-21-34;1-11-7-9-13(10-8-11)12-5-3-2-4-6-12/h2-29,46H,1H2;2-10H,1H3. The Hall–Kier alpha value is -8.21. The number of nitrogens with zero attached hydrogens (tertiary/aromatic N) is 2. The smallest absolute Gasteiger partial charge is 0.161 e. The number of fused-ring (bicyclic) bond motifs is 3. The van der Waals surface area contributed by atoms with Crippen LogP contribution < -0.4 is 0 Å². The van der Waals surface area contributed by atoms with Gasteiger partial charge in [0.2, 0.25) is 0 Å². The maximum atomic E-state index is 9.38. The lowest BCUT2D eigenvalue weighted by Gasteiger charge is -2.09. The number of furan rings is 1. The van der Waals surface area contributed by atoms with Crippen LogP contribution in [0.4, 0.5) is 0 Å². The molecule has 10 rings (SSSR count). The third kappa shape index (κ3) is 8.31. The Morgan fingerprint density at radius 2 is 0.871 bits per heavy atom. The summed E-state index contributed by atoms with van der Waals surface area (Å²) in [7, 11) is 0. The highest BCUT2D eigenvalue weighted by Crippen LogP contribution is 2.44. The molecule has 0 spiro atoms. The van der Waals surface area contributed by atoms with Crippen molar-refractivity contribution < 1.29 is 4.42 Å². The zero-order valence-electron chi connectivity index (χ0n) is 34.4. The third-order valence-electron chi connectivity index (χ3n) is 11.0. The van der Waals surface area contributed by atoms with Crippen LogP contribution in [0.1, 0.15) is 16.7 Å². The average molecular weight is 798 g/mol. The number of aliphatic imine (C=N–C) groups is 2. The van der Waals surface area contributed by atoms with E-state index >= 15 is 0 Å². The molecule has 0 amide bonds. The predicted octanol–water partition coefficient (Wildman–Crippen LogP) is 15.4. The van der Waals surface area contributed by atoms with E-state index in [-0.39, 0.29) is 5.84 Å². The Morgan fingerprint density at radius 1 is 0.435 bits per heavy atom. The largest absolute Gasteiger partial charge is 0.455 e. The van der Waals surface area contributed by atoms with Gasteiger partial charge in [-0.05, 0) is 82.4 Å². The molecule has 1 heterocycles. The molecule has 0 aliphatic rings. The summed E-state index contributed by atoms with van der Waals surface area (Å²) < 4.78 is 6.90. The highest BCUT2D eigenvalue weighted by atomic mass is 16.3. The van der Waals surface area contributed by atoms with Crippen LogP contribution in [0, 0.1) is 12.3 Å². The van der Waals surface area contributed by atoms with Crippen LogP contribution in [0.15, 0.2) is 239 Å². The number of amidine groups is 2. The van der Waals surface area contributed by atoms with Gasteiger partial charge in [-0.3, -0.25) is 5.41 Å². The first-order valence-corrected chi connectivity index (χ1v) is 20.7. The van der Waals surface area contributed by atoms with E-state index in [0.717, 1.165) is 66.4 Å². The van der Waals surface area contributed by atoms with Crippen molar-refractivity contribution in [3.05, 3.63) is 241 Å². The van der Waals surface area contributed by atoms with Crippen molar-refractivity contribution in [1.29, 1.82) is 5.41 Å². The molecule has 4 nitrogen and oxygen atoms in total. The zero-order chi connectivity index (χ0) is 42.3. The summed E-state index contributed by atoms with van der Waals surface area (Å²) in [5.74, 6) is 0.459. The van der Waals surface area contributed by atoms with Crippen molar-refractivity contribution in [2.24, 2.45) is 9.98 Å². The van der Waals surface area contributed by atoms with Gasteiger partial charge in [-0.15, -0.1) is 0 Å². The van der Waals surface area contributed by atoms with Crippen molar-refractivity contribution in [3.8, 4) is 55.6 Å². The summed E-state index contributed by atoms with van der Waals surface area (Å²) in [4.78, 5) is 9.03. The molecule has 4 heteroatoms. The van der Waals surface area contributed by atoms with Crippen LogP contribution in [0.2, 0.25) is 0 Å². The molecule has 1 N–H and O–H groups in total. The molecule has 0 radical (unpaired) electrons. The fraction of sp³-hybridized carbons (Fsp3) is 0.0172. The molecule has 0 atom stereocenters. The van der Waals surface area contributed by atoms with Gasteiger partial charge < -0.3 is 4.42 Å². The first kappa shape index (κ1) is 39.3. The molecule has 9 aromatic carbocycles. The van der Waals surface area contributed by atoms with Crippen molar-refractivity contribution in [1.82, 2.24) is 0 Å². The van der Waals surface area contributed by atoms with E-state index in [1.807, 2.05) is 103 Å². The maximum absolute atomic E-state index is 9.38. The molecule has 0 saturated carbocycles. The molecule has 10 aromatic rings. The predicted molar refractivity (Wildman–Crippen MR) is 261 cm³/mol. The van der Waals surface area contributed by atoms with Gasteiger partial charge in [-0.1, -0.05) is 206 Å². The lowest BCUT2D eigenvalue weighted by atomic mass is 9.93. The molecule has 0 fully saturated rings. The second kappa shape index (κ2) is 18.0. The van der Waals surface area contributed by atoms with E-state index in [9.17, 15) is 5.41 Å². The summed E-state index contributed by atoms with van der Waals surface area (Å²) in [5, 5.41) is 11.1. The van der Waals surface area contributed by atoms with E-state index in [1.54, 1.807) is 0 Å². The summed E-state index contributed by atoms with van der Waals surface area (Å²) in [6.07, 6.45) is 0. The van der Waals surface area contributed by atoms with Crippen molar-refractivity contribution in [3.63, 3.8) is 0 Å². The van der Waals surface area contributed by atoms with E-state index in [1.165, 1.54) is 16.7 Å². The Balaban J connectivity index is 0.000000322. The van der Waals surface area contributed by atoms with Gasteiger partial charge in [-0.25, -0.2) is 9.98 Å². The quantitative estimate of drug-likeness (QED) is 0.127. The first-order valence-electron chi connectivity index (χ1n) is 20.7. The average Bonchev–Trinajstić information content (AvgIpc) is 3.74. The molecule has 1 aromatic heterocycles. The molecule has 296 valence electrons. The summed E-state index contributed by atoms with van der Waals surface area (Å²) >= 11 is 0. The maximum Gasteiger partial charge on any atom is 0.161 e. The molecule has 0 unspecified atom stereocenters. The van der Waals surface area contributed by atoms with Crippen molar-refractivity contribution in [2.45, 2.75) is 6.92 Å². The Kier molecular flexibility index (Phi) is 11.4. The fourth-order valence-electron chi connectivity index (χ4n) is 7.83. The SMILES string of the molecule is C=NC(=NC(=N)c1ccc(-c2ccccc2)c2oc3c(-c4ccccc4)cc(-c4ccccc4)cc3c12)c1ccc(-c2ccccc2)cc1.Cc1ccc(-c2ccccc2)cc1. The van der Waals surface area contributed by atoms with E-state index in [4.69, 9.17) is 9.41 Å². The monoisotopic (exact) mass is 797 g/mol. The lowest BCUT2D eigenvalue weighted by Crippen LogP contribution is -2.04. The number of hydrogen-bond acceptors (Lipinski definition) is 2. The Bertz CT molecular complexity index is 3160. The number of nitrogens with one attached hydrogen (secondary N) is 1. The zero-order valence-corrected chi connectivity index (χ0v) is 34.4. The van der Waals surface area contributed by atoms with Crippen molar-refractivity contribution in [2.75, 3.05) is 0 Å². The molecule has 0 aliphatic heterocycles. The highest BCUT2D eigenvalue weighted by molar-refractivity contribution is 6.24. The van der Waals surface area contributed by atoms with Crippen LogP contribution in [-0.4, -0.2) is 18.4 Å². The fourth-order valence-corrected chi connectivity index (χ4v) is 7.83. The second-order valence-corrected chi connectivity index (χ2v) is 15.1. The number of hydrogen-bond donors (Lipinski definition) is 1. The van der Waals surface area contributed by atoms with Crippen LogP contribution in [-0.2, 0) is 0 Å². The first-order chi connectivity index (χ1) is 30.5. The number of rotatable bonds is 7. The normalized spacial score (nSPS) is 11.2. The lowest BCUT2D eigenvalue weighted by molar-refractivity contribution is 0.671. The summed E-state index contributed by atoms with van der Waals surface area (Å²) in [6, 6.07) is 76.5. The molecule has 62 heavy (non-hydrogen) atoms. The van der Waals surface area contributed by atoms with E-state index < -0.39 is 0 Å². The Labute approximate surface area is 362 Å². The van der Waals surface area contributed by atoms with E-state index in [0.29, 0.717) is 17.0 Å². The van der Waals surface area contributed by atoms with Gasteiger partial charge in [0, 0.05) is 33.0 Å². The minimum Gasteiger partial charge on any atom is -0.455 e. The minimum absolute atomic E-state index is 0.0771. The Morgan fingerprint density at radius 3 is 1.37 bits per heavy atom. The van der Waals surface area contributed by atoms with Gasteiger partial charge in [0.15, 0.2) is 11.7 Å². The van der Waals surface area contributed by atoms with Gasteiger partial charge in [0.25, 0.3) is 0 Å². The van der Waals surface area contributed by atoms with Crippen LogP contribution in [0.5, 0.6) is 0 Å². The van der Waals surface area contributed by atoms with Crippen LogP contribution in [0.3, 0.4) is 0 Å². The molecule has 0 aliphatic carbocycles. The second-order valence-electron chi connectivity index (χ2n) is 15.1. The molecular weight excluding hydrogens is 755 g/mol. The molecule has 0 bridgehead atoms. The van der Waals surface area contributed by atoms with Gasteiger partial charge >= 0.3 is 0 Å². The third-order valence-corrected chi connectivity index (χ3v) is 11.0. The number of aryl methyl sites for hydroxylation is 1. The number of benzene rings is 9. The topological polar surface area (TPSA) is 61.7 Å². The van der Waals surface area contributed by atoms with E-state index in [2.05, 4.69) is 140 Å². The van der Waals surface area contributed by atoms with Gasteiger partial charge in [0.1, 0.15) is 11.2 Å². The van der Waals surface area contributed by atoms with Crippen LogP contribution >= 0.6 is 0 Å². The highest BCUT2D eigenvalue weighted by Gasteiger charge is 2.22. The summed E-state index contributed by atoms with van der Waals surface area (Å²) in [5.41, 5.74) is 15.2. The molecule has 0 saturated heterocycles. The van der Waals surface area contributed by atoms with Crippen molar-refractivity contribution >= 4 is 40.3 Å².